The van der Waals surface area contributed by atoms with Gasteiger partial charge in [0.15, 0.2) is 0 Å². The van der Waals surface area contributed by atoms with Crippen molar-refractivity contribution in [1.29, 1.82) is 0 Å². The molecule has 0 unspecified atom stereocenters. The van der Waals surface area contributed by atoms with Crippen LogP contribution in [-0.4, -0.2) is 23.0 Å². The van der Waals surface area contributed by atoms with E-state index in [0.29, 0.717) is 24.0 Å². The molecule has 3 rings (SSSR count). The molecule has 0 spiro atoms. The number of rotatable bonds is 3. The lowest BCUT2D eigenvalue weighted by atomic mass is 9.78. The van der Waals surface area contributed by atoms with Gasteiger partial charge in [-0.15, -0.1) is 0 Å². The average molecular weight is 326 g/mol. The lowest BCUT2D eigenvalue weighted by Gasteiger charge is -2.26. The molecule has 1 aromatic carbocycles. The molecule has 5 heteroatoms. The highest BCUT2D eigenvalue weighted by Crippen LogP contribution is 2.44. The van der Waals surface area contributed by atoms with E-state index in [0.717, 1.165) is 17.0 Å². The molecule has 124 valence electrons. The highest BCUT2D eigenvalue weighted by Gasteiger charge is 2.44. The van der Waals surface area contributed by atoms with E-state index in [-0.39, 0.29) is 11.8 Å². The van der Waals surface area contributed by atoms with Crippen LogP contribution in [0.1, 0.15) is 35.4 Å². The number of hydrogen-bond acceptors (Lipinski definition) is 4. The van der Waals surface area contributed by atoms with Gasteiger partial charge in [-0.25, -0.2) is 4.39 Å². The number of benzene rings is 1. The van der Waals surface area contributed by atoms with Crippen molar-refractivity contribution in [3.05, 3.63) is 65.0 Å². The fourth-order valence-electron chi connectivity index (χ4n) is 3.29. The molecular weight excluding hydrogens is 307 g/mol. The van der Waals surface area contributed by atoms with Crippen LogP contribution in [-0.2, 0) is 14.9 Å². The van der Waals surface area contributed by atoms with E-state index >= 15 is 0 Å². The molecule has 0 radical (unpaired) electrons. The van der Waals surface area contributed by atoms with Crippen LogP contribution >= 0.6 is 0 Å². The first-order valence-electron chi connectivity index (χ1n) is 7.82. The van der Waals surface area contributed by atoms with Crippen molar-refractivity contribution in [3.8, 4) is 0 Å². The van der Waals surface area contributed by atoms with Crippen molar-refractivity contribution in [2.24, 2.45) is 0 Å². The third kappa shape index (κ3) is 2.60. The average Bonchev–Trinajstić information content (AvgIpc) is 3.03. The Labute approximate surface area is 140 Å². The van der Waals surface area contributed by atoms with E-state index in [9.17, 15) is 9.18 Å². The van der Waals surface area contributed by atoms with Crippen molar-refractivity contribution in [2.75, 3.05) is 7.11 Å². The van der Waals surface area contributed by atoms with Crippen LogP contribution in [0.4, 0.5) is 4.39 Å². The number of methoxy groups -OCH3 is 1. The molecule has 0 N–H and O–H groups in total. The largest absolute Gasteiger partial charge is 0.468 e. The van der Waals surface area contributed by atoms with Gasteiger partial charge in [0, 0.05) is 6.20 Å². The van der Waals surface area contributed by atoms with E-state index in [4.69, 9.17) is 4.74 Å². The van der Waals surface area contributed by atoms with E-state index in [1.807, 2.05) is 13.0 Å². The first kappa shape index (κ1) is 16.3. The molecule has 0 amide bonds. The molecule has 0 saturated carbocycles. The number of carbonyl (C=O) groups is 1. The molecule has 1 aromatic heterocycles. The molecule has 0 fully saturated rings. The number of esters is 1. The topological polar surface area (TPSA) is 52.1 Å². The molecular formula is C19H19FN2O2. The Morgan fingerprint density at radius 3 is 2.71 bits per heavy atom. The Balaban J connectivity index is 2.13. The standard InChI is InChI=1S/C19H19FN2O2/c1-12-10-22-17(11-21-12)14-7-8-19(9-14,18(23)24-3)15-5-4-6-16(20)13(15)2/h4-6,9-11H,7-8H2,1-3H3/t19-/m0/s1. The summed E-state index contributed by atoms with van der Waals surface area (Å²) in [6.07, 6.45) is 6.44. The molecule has 0 aliphatic heterocycles. The zero-order valence-electron chi connectivity index (χ0n) is 14.0. The number of nitrogens with zero attached hydrogens (tertiary/aromatic N) is 2. The van der Waals surface area contributed by atoms with Crippen molar-refractivity contribution >= 4 is 11.5 Å². The number of ether oxygens (including phenoxy) is 1. The van der Waals surface area contributed by atoms with Gasteiger partial charge in [-0.2, -0.15) is 0 Å². The Kier molecular flexibility index (Phi) is 4.18. The minimum absolute atomic E-state index is 0.326. The van der Waals surface area contributed by atoms with Crippen molar-refractivity contribution in [3.63, 3.8) is 0 Å². The summed E-state index contributed by atoms with van der Waals surface area (Å²) in [7, 11) is 1.36. The second-order valence-corrected chi connectivity index (χ2v) is 6.09. The minimum atomic E-state index is -0.983. The third-order valence-electron chi connectivity index (χ3n) is 4.62. The molecule has 2 aromatic rings. The third-order valence-corrected chi connectivity index (χ3v) is 4.62. The van der Waals surface area contributed by atoms with E-state index < -0.39 is 5.41 Å². The summed E-state index contributed by atoms with van der Waals surface area (Å²) >= 11 is 0. The van der Waals surface area contributed by atoms with Crippen molar-refractivity contribution in [1.82, 2.24) is 9.97 Å². The zero-order chi connectivity index (χ0) is 17.3. The number of allylic oxidation sites excluding steroid dienone is 1. The highest BCUT2D eigenvalue weighted by atomic mass is 19.1. The van der Waals surface area contributed by atoms with Gasteiger partial charge < -0.3 is 4.74 Å². The lowest BCUT2D eigenvalue weighted by molar-refractivity contribution is -0.145. The van der Waals surface area contributed by atoms with Crippen LogP contribution in [0.25, 0.3) is 5.57 Å². The van der Waals surface area contributed by atoms with Gasteiger partial charge >= 0.3 is 5.97 Å². The van der Waals surface area contributed by atoms with Crippen molar-refractivity contribution in [2.45, 2.75) is 32.1 Å². The maximum absolute atomic E-state index is 14.0. The monoisotopic (exact) mass is 326 g/mol. The fraction of sp³-hybridized carbons (Fsp3) is 0.316. The predicted octanol–water partition coefficient (Wildman–Crippen LogP) is 3.52. The predicted molar refractivity (Wildman–Crippen MR) is 88.8 cm³/mol. The first-order chi connectivity index (χ1) is 11.5. The molecule has 0 saturated heterocycles. The second kappa shape index (κ2) is 6.15. The van der Waals surface area contributed by atoms with Gasteiger partial charge in [-0.05, 0) is 49.5 Å². The van der Waals surface area contributed by atoms with Gasteiger partial charge in [0.05, 0.1) is 24.7 Å². The number of aromatic nitrogens is 2. The zero-order valence-corrected chi connectivity index (χ0v) is 14.0. The number of hydrogen-bond donors (Lipinski definition) is 0. The van der Waals surface area contributed by atoms with Gasteiger partial charge in [0.2, 0.25) is 0 Å². The van der Waals surface area contributed by atoms with Gasteiger partial charge in [-0.1, -0.05) is 18.2 Å². The Morgan fingerprint density at radius 1 is 1.25 bits per heavy atom. The van der Waals surface area contributed by atoms with Crippen LogP contribution in [0.3, 0.4) is 0 Å². The Bertz CT molecular complexity index is 815. The smallest absolute Gasteiger partial charge is 0.320 e. The summed E-state index contributed by atoms with van der Waals surface area (Å²) < 4.78 is 19.1. The van der Waals surface area contributed by atoms with Gasteiger partial charge in [0.1, 0.15) is 11.2 Å². The van der Waals surface area contributed by atoms with Crippen LogP contribution in [0.2, 0.25) is 0 Å². The maximum atomic E-state index is 14.0. The highest BCUT2D eigenvalue weighted by molar-refractivity contribution is 5.91. The summed E-state index contributed by atoms with van der Waals surface area (Å²) in [5.41, 5.74) is 2.62. The number of aryl methyl sites for hydroxylation is 1. The van der Waals surface area contributed by atoms with Gasteiger partial charge in [-0.3, -0.25) is 14.8 Å². The summed E-state index contributed by atoms with van der Waals surface area (Å²) in [6.45, 7) is 3.56. The Morgan fingerprint density at radius 2 is 2.04 bits per heavy atom. The van der Waals surface area contributed by atoms with E-state index in [1.165, 1.54) is 13.2 Å². The number of halogens is 1. The molecule has 1 atom stereocenters. The molecule has 1 aliphatic rings. The molecule has 0 bridgehead atoms. The van der Waals surface area contributed by atoms with Crippen LogP contribution in [0.15, 0.2) is 36.7 Å². The van der Waals surface area contributed by atoms with E-state index in [2.05, 4.69) is 9.97 Å². The van der Waals surface area contributed by atoms with Crippen LogP contribution < -0.4 is 0 Å². The lowest BCUT2D eigenvalue weighted by Crippen LogP contribution is -2.34. The molecule has 1 heterocycles. The summed E-state index contributed by atoms with van der Waals surface area (Å²) in [5, 5.41) is 0. The molecule has 1 aliphatic carbocycles. The van der Waals surface area contributed by atoms with E-state index in [1.54, 1.807) is 31.5 Å². The Hall–Kier alpha value is -2.56. The first-order valence-corrected chi connectivity index (χ1v) is 7.82. The molecule has 4 nitrogen and oxygen atoms in total. The summed E-state index contributed by atoms with van der Waals surface area (Å²) in [4.78, 5) is 21.3. The quantitative estimate of drug-likeness (QED) is 0.810. The second-order valence-electron chi connectivity index (χ2n) is 6.09. The molecule has 24 heavy (non-hydrogen) atoms. The van der Waals surface area contributed by atoms with Crippen LogP contribution in [0, 0.1) is 19.7 Å². The summed E-state index contributed by atoms with van der Waals surface area (Å²) in [6, 6.07) is 4.81. The summed E-state index contributed by atoms with van der Waals surface area (Å²) in [5.74, 6) is -0.709. The SMILES string of the molecule is COC(=O)[C@]1(c2cccc(F)c2C)C=C(c2cnc(C)cn2)CC1. The van der Waals surface area contributed by atoms with Gasteiger partial charge in [0.25, 0.3) is 0 Å². The van der Waals surface area contributed by atoms with Crippen LogP contribution in [0.5, 0.6) is 0 Å². The number of carbonyl (C=O) groups excluding carboxylic acids is 1. The maximum Gasteiger partial charge on any atom is 0.320 e. The fourth-order valence-corrected chi connectivity index (χ4v) is 3.29. The van der Waals surface area contributed by atoms with Crippen molar-refractivity contribution < 1.29 is 13.9 Å². The normalized spacial score (nSPS) is 19.9. The minimum Gasteiger partial charge on any atom is -0.468 e.